The summed E-state index contributed by atoms with van der Waals surface area (Å²) >= 11 is 7.58. The fourth-order valence-corrected chi connectivity index (χ4v) is 3.05. The number of nitrogens with zero attached hydrogens (tertiary/aromatic N) is 6. The first kappa shape index (κ1) is 12.2. The summed E-state index contributed by atoms with van der Waals surface area (Å²) in [5, 5.41) is 13.4. The summed E-state index contributed by atoms with van der Waals surface area (Å²) in [6.45, 7) is 0. The Morgan fingerprint density at radius 2 is 2.20 bits per heavy atom. The van der Waals surface area contributed by atoms with Gasteiger partial charge in [0.05, 0.1) is 16.8 Å². The number of halogens is 1. The molecule has 0 amide bonds. The van der Waals surface area contributed by atoms with Crippen molar-refractivity contribution < 1.29 is 0 Å². The van der Waals surface area contributed by atoms with Gasteiger partial charge in [-0.3, -0.25) is 0 Å². The zero-order chi connectivity index (χ0) is 13.5. The van der Waals surface area contributed by atoms with Crippen LogP contribution in [0.1, 0.15) is 24.6 Å². The summed E-state index contributed by atoms with van der Waals surface area (Å²) in [5.74, 6) is 0.742. The molecule has 4 rings (SSSR count). The number of rotatable bonds is 4. The molecule has 0 saturated heterocycles. The summed E-state index contributed by atoms with van der Waals surface area (Å²) in [6, 6.07) is 4.24. The molecule has 102 valence electrons. The Morgan fingerprint density at radius 3 is 3.05 bits per heavy atom. The molecule has 0 spiro atoms. The molecule has 6 nitrogen and oxygen atoms in total. The van der Waals surface area contributed by atoms with Crippen LogP contribution in [0, 0.1) is 0 Å². The van der Waals surface area contributed by atoms with Gasteiger partial charge in [-0.15, -0.1) is 5.10 Å². The molecule has 0 aromatic carbocycles. The predicted molar refractivity (Wildman–Crippen MR) is 75.9 cm³/mol. The molecule has 1 aliphatic rings. The number of aromatic nitrogens is 6. The molecule has 8 heteroatoms. The van der Waals surface area contributed by atoms with Gasteiger partial charge in [0.15, 0.2) is 0 Å². The normalized spacial score (nSPS) is 15.1. The number of hydrogen-bond acceptors (Lipinski definition) is 5. The van der Waals surface area contributed by atoms with Crippen LogP contribution in [0.2, 0.25) is 5.02 Å². The lowest BCUT2D eigenvalue weighted by atomic mass is 10.5. The second-order valence-corrected chi connectivity index (χ2v) is 6.15. The third-order valence-electron chi connectivity index (χ3n) is 3.17. The van der Waals surface area contributed by atoms with E-state index in [9.17, 15) is 0 Å². The van der Waals surface area contributed by atoms with E-state index < -0.39 is 0 Å². The van der Waals surface area contributed by atoms with E-state index in [1.807, 2.05) is 33.6 Å². The van der Waals surface area contributed by atoms with Crippen LogP contribution < -0.4 is 0 Å². The summed E-state index contributed by atoms with van der Waals surface area (Å²) < 4.78 is 3.85. The molecule has 20 heavy (non-hydrogen) atoms. The average molecular weight is 307 g/mol. The van der Waals surface area contributed by atoms with Crippen LogP contribution in [0.3, 0.4) is 0 Å². The number of hydrogen-bond donors (Lipinski definition) is 0. The first-order valence-corrected chi connectivity index (χ1v) is 7.70. The number of imidazole rings is 1. The number of tetrazole rings is 1. The summed E-state index contributed by atoms with van der Waals surface area (Å²) in [5.41, 5.74) is 1.88. The van der Waals surface area contributed by atoms with Crippen LogP contribution in [0.5, 0.6) is 0 Å². The van der Waals surface area contributed by atoms with Crippen molar-refractivity contribution in [2.45, 2.75) is 29.8 Å². The van der Waals surface area contributed by atoms with Crippen LogP contribution in [0.15, 0.2) is 29.7 Å². The van der Waals surface area contributed by atoms with Gasteiger partial charge in [0.25, 0.3) is 0 Å². The van der Waals surface area contributed by atoms with Crippen LogP contribution in [-0.4, -0.2) is 29.6 Å². The molecule has 0 N–H and O–H groups in total. The smallest absolute Gasteiger partial charge is 0.209 e. The zero-order valence-electron chi connectivity index (χ0n) is 10.5. The lowest BCUT2D eigenvalue weighted by Crippen LogP contribution is -1.98. The van der Waals surface area contributed by atoms with Crippen molar-refractivity contribution in [1.82, 2.24) is 29.6 Å². The van der Waals surface area contributed by atoms with Crippen molar-refractivity contribution in [1.29, 1.82) is 0 Å². The maximum atomic E-state index is 5.97. The molecule has 0 radical (unpaired) electrons. The van der Waals surface area contributed by atoms with E-state index in [2.05, 4.69) is 20.5 Å². The lowest BCUT2D eigenvalue weighted by molar-refractivity contribution is 0.565. The minimum absolute atomic E-state index is 0.493. The van der Waals surface area contributed by atoms with Gasteiger partial charge in [-0.25, -0.2) is 9.67 Å². The van der Waals surface area contributed by atoms with Crippen LogP contribution in [0.4, 0.5) is 0 Å². The monoisotopic (exact) mass is 306 g/mol. The third kappa shape index (κ3) is 2.27. The third-order valence-corrected chi connectivity index (χ3v) is 4.36. The van der Waals surface area contributed by atoms with Crippen LogP contribution >= 0.6 is 23.4 Å². The topological polar surface area (TPSA) is 60.9 Å². The van der Waals surface area contributed by atoms with Gasteiger partial charge in [0.2, 0.25) is 5.16 Å². The van der Waals surface area contributed by atoms with Gasteiger partial charge in [0.1, 0.15) is 5.65 Å². The molecule has 0 atom stereocenters. The molecule has 0 unspecified atom stereocenters. The molecule has 1 aliphatic carbocycles. The summed E-state index contributed by atoms with van der Waals surface area (Å²) in [4.78, 5) is 4.55. The summed E-state index contributed by atoms with van der Waals surface area (Å²) in [7, 11) is 0. The number of fused-ring (bicyclic) bond motifs is 1. The Hall–Kier alpha value is -1.60. The van der Waals surface area contributed by atoms with Crippen molar-refractivity contribution in [2.24, 2.45) is 0 Å². The van der Waals surface area contributed by atoms with Crippen molar-refractivity contribution in [3.05, 3.63) is 35.2 Å². The quantitative estimate of drug-likeness (QED) is 0.693. The van der Waals surface area contributed by atoms with E-state index in [1.54, 1.807) is 11.8 Å². The van der Waals surface area contributed by atoms with Gasteiger partial charge >= 0.3 is 0 Å². The maximum Gasteiger partial charge on any atom is 0.209 e. The summed E-state index contributed by atoms with van der Waals surface area (Å²) in [6.07, 6.45) is 6.18. The van der Waals surface area contributed by atoms with Gasteiger partial charge in [0, 0.05) is 18.1 Å². The fourth-order valence-electron chi connectivity index (χ4n) is 2.05. The highest BCUT2D eigenvalue weighted by atomic mass is 35.5. The molecule has 3 heterocycles. The standard InChI is InChI=1S/C12H11ClN6S/c13-8-1-4-11-14-9(6-18(11)5-8)7-20-12-15-16-17-19(12)10-2-3-10/h1,4-6,10H,2-3,7H2. The van der Waals surface area contributed by atoms with Gasteiger partial charge in [-0.1, -0.05) is 23.4 Å². The fraction of sp³-hybridized carbons (Fsp3) is 0.333. The predicted octanol–water partition coefficient (Wildman–Crippen LogP) is 2.60. The van der Waals surface area contributed by atoms with Crippen molar-refractivity contribution in [3.63, 3.8) is 0 Å². The Balaban J connectivity index is 1.53. The van der Waals surface area contributed by atoms with Gasteiger partial charge in [-0.05, 0) is 35.4 Å². The van der Waals surface area contributed by atoms with Crippen LogP contribution in [0.25, 0.3) is 5.65 Å². The van der Waals surface area contributed by atoms with E-state index >= 15 is 0 Å². The highest BCUT2D eigenvalue weighted by Gasteiger charge is 2.27. The minimum atomic E-state index is 0.493. The van der Waals surface area contributed by atoms with Crippen molar-refractivity contribution >= 4 is 29.0 Å². The molecule has 3 aromatic heterocycles. The lowest BCUT2D eigenvalue weighted by Gasteiger charge is -1.99. The van der Waals surface area contributed by atoms with E-state index in [0.717, 1.165) is 22.3 Å². The molecule has 3 aromatic rings. The molecule has 1 fully saturated rings. The van der Waals surface area contributed by atoms with Crippen molar-refractivity contribution in [3.8, 4) is 0 Å². The Labute approximate surface area is 124 Å². The highest BCUT2D eigenvalue weighted by Crippen LogP contribution is 2.36. The van der Waals surface area contributed by atoms with E-state index in [-0.39, 0.29) is 0 Å². The Bertz CT molecular complexity index is 762. The second kappa shape index (κ2) is 4.75. The van der Waals surface area contributed by atoms with Crippen molar-refractivity contribution in [2.75, 3.05) is 0 Å². The van der Waals surface area contributed by atoms with Gasteiger partial charge < -0.3 is 4.40 Å². The molecular weight excluding hydrogens is 296 g/mol. The second-order valence-electron chi connectivity index (χ2n) is 4.77. The molecule has 0 bridgehead atoms. The zero-order valence-corrected chi connectivity index (χ0v) is 12.0. The maximum absolute atomic E-state index is 5.97. The first-order chi connectivity index (χ1) is 9.79. The SMILES string of the molecule is Clc1ccc2nc(CSc3nnnn3C3CC3)cn2c1. The number of thioether (sulfide) groups is 1. The minimum Gasteiger partial charge on any atom is -0.305 e. The molecule has 0 aliphatic heterocycles. The Morgan fingerprint density at radius 1 is 1.30 bits per heavy atom. The average Bonchev–Trinajstić information content (AvgIpc) is 3.03. The first-order valence-electron chi connectivity index (χ1n) is 6.33. The largest absolute Gasteiger partial charge is 0.305 e. The molecular formula is C12H11ClN6S. The number of pyridine rings is 1. The Kier molecular flexibility index (Phi) is 2.89. The van der Waals surface area contributed by atoms with E-state index in [4.69, 9.17) is 11.6 Å². The highest BCUT2D eigenvalue weighted by molar-refractivity contribution is 7.98. The molecule has 1 saturated carbocycles. The van der Waals surface area contributed by atoms with Crippen LogP contribution in [-0.2, 0) is 5.75 Å². The van der Waals surface area contributed by atoms with E-state index in [0.29, 0.717) is 11.1 Å². The van der Waals surface area contributed by atoms with Gasteiger partial charge in [-0.2, -0.15) is 0 Å². The van der Waals surface area contributed by atoms with E-state index in [1.165, 1.54) is 12.8 Å².